The Kier molecular flexibility index (Phi) is 4.33. The van der Waals surface area contributed by atoms with Gasteiger partial charge in [-0.15, -0.1) is 6.58 Å². The van der Waals surface area contributed by atoms with Crippen LogP contribution in [0.4, 0.5) is 11.6 Å². The van der Waals surface area contributed by atoms with Crippen molar-refractivity contribution in [1.82, 2.24) is 14.9 Å². The Hall–Kier alpha value is -2.11. The molecule has 0 bridgehead atoms. The van der Waals surface area contributed by atoms with Crippen LogP contribution >= 0.6 is 0 Å². The number of anilines is 2. The van der Waals surface area contributed by atoms with E-state index in [9.17, 15) is 4.79 Å². The molecule has 0 aromatic carbocycles. The number of amides is 1. The van der Waals surface area contributed by atoms with Crippen molar-refractivity contribution in [3.63, 3.8) is 0 Å². The monoisotopic (exact) mass is 261 g/mol. The van der Waals surface area contributed by atoms with Crippen molar-refractivity contribution in [2.45, 2.75) is 6.92 Å². The van der Waals surface area contributed by atoms with Crippen molar-refractivity contribution in [3.05, 3.63) is 24.5 Å². The van der Waals surface area contributed by atoms with Gasteiger partial charge in [0.1, 0.15) is 17.5 Å². The maximum atomic E-state index is 10.7. The van der Waals surface area contributed by atoms with E-state index < -0.39 is 0 Å². The average molecular weight is 261 g/mol. The zero-order valence-electron chi connectivity index (χ0n) is 11.2. The standard InChI is InChI=1S/C13H19N5O/c1-3-4-14-12-9-13(16-11(2)15-12)18-7-5-17(10-19)6-8-18/h3,9-10H,1,4-8H2,2H3,(H,14,15,16). The quantitative estimate of drug-likeness (QED) is 0.623. The van der Waals surface area contributed by atoms with Gasteiger partial charge in [-0.1, -0.05) is 6.08 Å². The van der Waals surface area contributed by atoms with Crippen LogP contribution in [0, 0.1) is 6.92 Å². The van der Waals surface area contributed by atoms with Gasteiger partial charge in [0, 0.05) is 38.8 Å². The molecule has 1 saturated heterocycles. The number of nitrogens with zero attached hydrogens (tertiary/aromatic N) is 4. The first-order valence-corrected chi connectivity index (χ1v) is 6.37. The molecule has 19 heavy (non-hydrogen) atoms. The molecule has 1 fully saturated rings. The predicted molar refractivity (Wildman–Crippen MR) is 75.3 cm³/mol. The molecule has 1 aliphatic rings. The summed E-state index contributed by atoms with van der Waals surface area (Å²) < 4.78 is 0. The lowest BCUT2D eigenvalue weighted by atomic mass is 10.3. The highest BCUT2D eigenvalue weighted by molar-refractivity contribution is 5.52. The molecule has 102 valence electrons. The van der Waals surface area contributed by atoms with Crippen molar-refractivity contribution < 1.29 is 4.79 Å². The summed E-state index contributed by atoms with van der Waals surface area (Å²) in [7, 11) is 0. The Morgan fingerprint density at radius 3 is 2.74 bits per heavy atom. The van der Waals surface area contributed by atoms with Gasteiger partial charge in [-0.3, -0.25) is 4.79 Å². The molecule has 6 nitrogen and oxygen atoms in total. The molecule has 2 heterocycles. The zero-order valence-corrected chi connectivity index (χ0v) is 11.2. The van der Waals surface area contributed by atoms with Crippen LogP contribution in [0.3, 0.4) is 0 Å². The second-order valence-electron chi connectivity index (χ2n) is 4.46. The minimum atomic E-state index is 0.675. The normalized spacial score (nSPS) is 15.2. The van der Waals surface area contributed by atoms with Crippen LogP contribution < -0.4 is 10.2 Å². The van der Waals surface area contributed by atoms with E-state index in [4.69, 9.17) is 0 Å². The van der Waals surface area contributed by atoms with Gasteiger partial charge in [-0.25, -0.2) is 9.97 Å². The van der Waals surface area contributed by atoms with Crippen LogP contribution in [0.25, 0.3) is 0 Å². The predicted octanol–water partition coefficient (Wildman–Crippen LogP) is 0.661. The molecule has 0 unspecified atom stereocenters. The molecule has 1 aromatic rings. The zero-order chi connectivity index (χ0) is 13.7. The third-order valence-corrected chi connectivity index (χ3v) is 3.04. The fraction of sp³-hybridized carbons (Fsp3) is 0.462. The van der Waals surface area contributed by atoms with Crippen molar-refractivity contribution in [3.8, 4) is 0 Å². The molecule has 6 heteroatoms. The van der Waals surface area contributed by atoms with Gasteiger partial charge in [0.2, 0.25) is 6.41 Å². The maximum absolute atomic E-state index is 10.7. The largest absolute Gasteiger partial charge is 0.366 e. The highest BCUT2D eigenvalue weighted by Crippen LogP contribution is 2.17. The van der Waals surface area contributed by atoms with Crippen molar-refractivity contribution >= 4 is 18.0 Å². The fourth-order valence-corrected chi connectivity index (χ4v) is 2.04. The van der Waals surface area contributed by atoms with Gasteiger partial charge < -0.3 is 15.1 Å². The number of hydrogen-bond donors (Lipinski definition) is 1. The topological polar surface area (TPSA) is 61.4 Å². The Morgan fingerprint density at radius 2 is 2.11 bits per heavy atom. The van der Waals surface area contributed by atoms with E-state index in [1.807, 2.05) is 13.0 Å². The minimum Gasteiger partial charge on any atom is -0.366 e. The van der Waals surface area contributed by atoms with Crippen molar-refractivity contribution in [2.24, 2.45) is 0 Å². The van der Waals surface area contributed by atoms with Crippen LogP contribution in [0.1, 0.15) is 5.82 Å². The van der Waals surface area contributed by atoms with E-state index in [0.29, 0.717) is 6.54 Å². The summed E-state index contributed by atoms with van der Waals surface area (Å²) in [5.41, 5.74) is 0. The summed E-state index contributed by atoms with van der Waals surface area (Å²) in [5, 5.41) is 3.17. The van der Waals surface area contributed by atoms with E-state index >= 15 is 0 Å². The lowest BCUT2D eigenvalue weighted by molar-refractivity contribution is -0.118. The summed E-state index contributed by atoms with van der Waals surface area (Å²) in [6.45, 7) is 9.31. The average Bonchev–Trinajstić information content (AvgIpc) is 2.44. The molecule has 0 saturated carbocycles. The van der Waals surface area contributed by atoms with E-state index in [1.165, 1.54) is 0 Å². The highest BCUT2D eigenvalue weighted by Gasteiger charge is 2.17. The van der Waals surface area contributed by atoms with E-state index in [1.54, 1.807) is 11.0 Å². The summed E-state index contributed by atoms with van der Waals surface area (Å²) in [6, 6.07) is 1.94. The van der Waals surface area contributed by atoms with E-state index in [-0.39, 0.29) is 0 Å². The summed E-state index contributed by atoms with van der Waals surface area (Å²) in [4.78, 5) is 23.4. The molecular weight excluding hydrogens is 242 g/mol. The number of aromatic nitrogens is 2. The van der Waals surface area contributed by atoms with Crippen LogP contribution in [0.2, 0.25) is 0 Å². The number of hydrogen-bond acceptors (Lipinski definition) is 5. The van der Waals surface area contributed by atoms with Crippen LogP contribution in [-0.4, -0.2) is 54.0 Å². The second kappa shape index (κ2) is 6.17. The Bertz CT molecular complexity index is 454. The Balaban J connectivity index is 2.09. The number of carbonyl (C=O) groups is 1. The number of carbonyl (C=O) groups excluding carboxylic acids is 1. The summed E-state index contributed by atoms with van der Waals surface area (Å²) in [6.07, 6.45) is 2.69. The van der Waals surface area contributed by atoms with Gasteiger partial charge >= 0.3 is 0 Å². The molecule has 1 amide bonds. The maximum Gasteiger partial charge on any atom is 0.209 e. The highest BCUT2D eigenvalue weighted by atomic mass is 16.1. The first-order valence-electron chi connectivity index (χ1n) is 6.37. The third-order valence-electron chi connectivity index (χ3n) is 3.04. The number of aryl methyl sites for hydroxylation is 1. The first-order chi connectivity index (χ1) is 9.22. The molecule has 1 aliphatic heterocycles. The van der Waals surface area contributed by atoms with Gasteiger partial charge in [-0.05, 0) is 6.92 Å². The molecule has 0 radical (unpaired) electrons. The summed E-state index contributed by atoms with van der Waals surface area (Å²) >= 11 is 0. The fourth-order valence-electron chi connectivity index (χ4n) is 2.04. The van der Waals surface area contributed by atoms with Crippen LogP contribution in [0.15, 0.2) is 18.7 Å². The Morgan fingerprint density at radius 1 is 1.37 bits per heavy atom. The smallest absolute Gasteiger partial charge is 0.209 e. The molecule has 0 atom stereocenters. The first kappa shape index (κ1) is 13.3. The molecule has 0 spiro atoms. The number of nitrogens with one attached hydrogen (secondary N) is 1. The van der Waals surface area contributed by atoms with Gasteiger partial charge in [0.25, 0.3) is 0 Å². The molecular formula is C13H19N5O. The molecule has 2 rings (SSSR count). The number of piperazine rings is 1. The van der Waals surface area contributed by atoms with Crippen LogP contribution in [-0.2, 0) is 4.79 Å². The van der Waals surface area contributed by atoms with Crippen molar-refractivity contribution in [2.75, 3.05) is 42.9 Å². The SMILES string of the molecule is C=CCNc1cc(N2CCN(C=O)CC2)nc(C)n1. The van der Waals surface area contributed by atoms with Gasteiger partial charge in [0.05, 0.1) is 0 Å². The molecule has 1 aromatic heterocycles. The van der Waals surface area contributed by atoms with Crippen LogP contribution in [0.5, 0.6) is 0 Å². The summed E-state index contributed by atoms with van der Waals surface area (Å²) in [5.74, 6) is 2.45. The number of rotatable bonds is 5. The Labute approximate surface area is 113 Å². The van der Waals surface area contributed by atoms with Gasteiger partial charge in [-0.2, -0.15) is 0 Å². The second-order valence-corrected chi connectivity index (χ2v) is 4.46. The molecule has 0 aliphatic carbocycles. The van der Waals surface area contributed by atoms with Gasteiger partial charge in [0.15, 0.2) is 0 Å². The van der Waals surface area contributed by atoms with E-state index in [2.05, 4.69) is 26.8 Å². The lowest BCUT2D eigenvalue weighted by Crippen LogP contribution is -2.46. The van der Waals surface area contributed by atoms with Crippen molar-refractivity contribution in [1.29, 1.82) is 0 Å². The lowest BCUT2D eigenvalue weighted by Gasteiger charge is -2.33. The van der Waals surface area contributed by atoms with E-state index in [0.717, 1.165) is 50.0 Å². The molecule has 1 N–H and O–H groups in total. The third kappa shape index (κ3) is 3.43. The minimum absolute atomic E-state index is 0.675.